The van der Waals surface area contributed by atoms with Crippen molar-refractivity contribution in [1.29, 1.82) is 0 Å². The summed E-state index contributed by atoms with van der Waals surface area (Å²) < 4.78 is 40.3. The minimum atomic E-state index is -1.12. The molecule has 0 aliphatic heterocycles. The van der Waals surface area contributed by atoms with Gasteiger partial charge in [0.2, 0.25) is 0 Å². The van der Waals surface area contributed by atoms with E-state index in [2.05, 4.69) is 26.3 Å². The monoisotopic (exact) mass is 806 g/mol. The third-order valence-electron chi connectivity index (χ3n) is 7.04. The Balaban J connectivity index is 2.45. The summed E-state index contributed by atoms with van der Waals surface area (Å²) in [5, 5.41) is 0. The standard InChI is InChI=1S/C41H42O17/c1-23(2)34(43)51-13-17-55-38(47)29-11-9-27(21-31(29)40(49)57-19-15-53-36(45)25(5)6)33(42)28-10-12-30(39(48)56-18-14-52-35(44)24(3)4)32(22-28)41(50)58-20-16-54-37(46)26(7)8/h9-12,21-22H,1,3,5,7,13-20H2,2,4,6,8H3. The Bertz CT molecular complexity index is 1880. The summed E-state index contributed by atoms with van der Waals surface area (Å²) in [6.45, 7) is 16.3. The first-order chi connectivity index (χ1) is 27.3. The highest BCUT2D eigenvalue weighted by molar-refractivity contribution is 6.13. The van der Waals surface area contributed by atoms with E-state index in [1.54, 1.807) is 0 Å². The van der Waals surface area contributed by atoms with E-state index in [0.717, 1.165) is 24.3 Å². The molecule has 2 aromatic rings. The average molecular weight is 807 g/mol. The first-order valence-corrected chi connectivity index (χ1v) is 17.2. The molecule has 0 spiro atoms. The molecule has 0 unspecified atom stereocenters. The first-order valence-electron chi connectivity index (χ1n) is 17.2. The number of hydrogen-bond acceptors (Lipinski definition) is 17. The van der Waals surface area contributed by atoms with E-state index in [-0.39, 0.29) is 71.0 Å². The van der Waals surface area contributed by atoms with Crippen molar-refractivity contribution in [3.05, 3.63) is 118 Å². The molecular weight excluding hydrogens is 764 g/mol. The molecule has 17 nitrogen and oxygen atoms in total. The van der Waals surface area contributed by atoms with Crippen LogP contribution < -0.4 is 0 Å². The molecule has 0 aromatic heterocycles. The number of carbonyl (C=O) groups excluding carboxylic acids is 9. The van der Waals surface area contributed by atoms with Gasteiger partial charge in [0.1, 0.15) is 52.9 Å². The van der Waals surface area contributed by atoms with Gasteiger partial charge in [-0.05, 0) is 52.0 Å². The lowest BCUT2D eigenvalue weighted by atomic mass is 9.95. The molecule has 2 aromatic carbocycles. The third-order valence-corrected chi connectivity index (χ3v) is 7.04. The summed E-state index contributed by atoms with van der Waals surface area (Å²) in [6, 6.07) is 6.58. The Hall–Kier alpha value is -7.17. The van der Waals surface area contributed by atoms with Crippen molar-refractivity contribution >= 4 is 53.5 Å². The molecule has 0 N–H and O–H groups in total. The molecule has 0 amide bonds. The second-order valence-electron chi connectivity index (χ2n) is 12.1. The number of ether oxygens (including phenoxy) is 8. The van der Waals surface area contributed by atoms with Gasteiger partial charge in [-0.25, -0.2) is 38.4 Å². The molecule has 0 atom stereocenters. The smallest absolute Gasteiger partial charge is 0.339 e. The van der Waals surface area contributed by atoms with Gasteiger partial charge in [0.25, 0.3) is 0 Å². The average Bonchev–Trinajstić information content (AvgIpc) is 3.19. The normalized spacial score (nSPS) is 10.1. The van der Waals surface area contributed by atoms with E-state index in [0.29, 0.717) is 0 Å². The number of ketones is 1. The molecular formula is C41H42O17. The van der Waals surface area contributed by atoms with E-state index in [9.17, 15) is 43.2 Å². The van der Waals surface area contributed by atoms with Crippen molar-refractivity contribution in [2.75, 3.05) is 52.9 Å². The van der Waals surface area contributed by atoms with Crippen LogP contribution in [-0.4, -0.2) is 106 Å². The summed E-state index contributed by atoms with van der Waals surface area (Å²) in [4.78, 5) is 113. The van der Waals surface area contributed by atoms with E-state index in [1.165, 1.54) is 39.8 Å². The Morgan fingerprint density at radius 1 is 0.362 bits per heavy atom. The van der Waals surface area contributed by atoms with Gasteiger partial charge in [0.05, 0.1) is 22.3 Å². The maximum Gasteiger partial charge on any atom is 0.339 e. The van der Waals surface area contributed by atoms with Gasteiger partial charge < -0.3 is 37.9 Å². The van der Waals surface area contributed by atoms with Crippen LogP contribution in [0.1, 0.15) is 85.0 Å². The van der Waals surface area contributed by atoms with Crippen LogP contribution in [0.5, 0.6) is 0 Å². The van der Waals surface area contributed by atoms with Crippen molar-refractivity contribution in [1.82, 2.24) is 0 Å². The van der Waals surface area contributed by atoms with E-state index < -0.39 is 91.1 Å². The van der Waals surface area contributed by atoms with Crippen LogP contribution in [0.25, 0.3) is 0 Å². The number of carbonyl (C=O) groups is 9. The van der Waals surface area contributed by atoms with Crippen molar-refractivity contribution in [3.8, 4) is 0 Å². The SMILES string of the molecule is C=C(C)C(=O)OCCOC(=O)c1ccc(C(=O)c2ccc(C(=O)OCCOC(=O)C(=C)C)c(C(=O)OCCOC(=O)C(=C)C)c2)cc1C(=O)OCCOC(=O)C(=C)C. The van der Waals surface area contributed by atoms with Crippen LogP contribution in [0.2, 0.25) is 0 Å². The third kappa shape index (κ3) is 14.8. The molecule has 0 fully saturated rings. The van der Waals surface area contributed by atoms with Gasteiger partial charge in [-0.3, -0.25) is 4.79 Å². The first kappa shape index (κ1) is 47.0. The fourth-order valence-corrected chi connectivity index (χ4v) is 4.11. The fraction of sp³-hybridized carbons (Fsp3) is 0.293. The van der Waals surface area contributed by atoms with Gasteiger partial charge in [-0.1, -0.05) is 38.4 Å². The van der Waals surface area contributed by atoms with Gasteiger partial charge >= 0.3 is 47.8 Å². The predicted octanol–water partition coefficient (Wildman–Crippen LogP) is 4.02. The maximum absolute atomic E-state index is 13.8. The van der Waals surface area contributed by atoms with E-state index >= 15 is 0 Å². The van der Waals surface area contributed by atoms with Crippen LogP contribution >= 0.6 is 0 Å². The topological polar surface area (TPSA) is 227 Å². The minimum absolute atomic E-state index is 0.101. The van der Waals surface area contributed by atoms with Crippen LogP contribution in [0, 0.1) is 0 Å². The summed E-state index contributed by atoms with van der Waals surface area (Å²) in [5.41, 5.74) is -1.57. The molecule has 2 rings (SSSR count). The Morgan fingerprint density at radius 2 is 0.586 bits per heavy atom. The number of rotatable bonds is 22. The molecule has 308 valence electrons. The van der Waals surface area contributed by atoms with Crippen molar-refractivity contribution in [3.63, 3.8) is 0 Å². The minimum Gasteiger partial charge on any atom is -0.459 e. The lowest BCUT2D eigenvalue weighted by Gasteiger charge is -2.13. The highest BCUT2D eigenvalue weighted by Gasteiger charge is 2.26. The highest BCUT2D eigenvalue weighted by Crippen LogP contribution is 2.22. The fourth-order valence-electron chi connectivity index (χ4n) is 4.11. The molecule has 0 saturated heterocycles. The van der Waals surface area contributed by atoms with E-state index in [1.807, 2.05) is 0 Å². The van der Waals surface area contributed by atoms with Crippen LogP contribution in [0.15, 0.2) is 85.0 Å². The van der Waals surface area contributed by atoms with Gasteiger partial charge in [0, 0.05) is 33.4 Å². The van der Waals surface area contributed by atoms with Gasteiger partial charge in [-0.15, -0.1) is 0 Å². The van der Waals surface area contributed by atoms with Crippen molar-refractivity contribution in [2.45, 2.75) is 27.7 Å². The zero-order valence-corrected chi connectivity index (χ0v) is 32.4. The Kier molecular flexibility index (Phi) is 18.7. The summed E-state index contributed by atoms with van der Waals surface area (Å²) in [5.74, 6) is -8.08. The van der Waals surface area contributed by atoms with Crippen LogP contribution in [-0.2, 0) is 57.1 Å². The van der Waals surface area contributed by atoms with Crippen LogP contribution in [0.3, 0.4) is 0 Å². The molecule has 0 aliphatic rings. The van der Waals surface area contributed by atoms with Crippen molar-refractivity contribution < 1.29 is 81.0 Å². The number of esters is 8. The largest absolute Gasteiger partial charge is 0.459 e. The molecule has 0 aliphatic carbocycles. The van der Waals surface area contributed by atoms with E-state index in [4.69, 9.17) is 37.9 Å². The molecule has 0 bridgehead atoms. The molecule has 17 heteroatoms. The van der Waals surface area contributed by atoms with Crippen LogP contribution in [0.4, 0.5) is 0 Å². The number of hydrogen-bond donors (Lipinski definition) is 0. The van der Waals surface area contributed by atoms with Gasteiger partial charge in [-0.2, -0.15) is 0 Å². The molecule has 0 heterocycles. The maximum atomic E-state index is 13.8. The lowest BCUT2D eigenvalue weighted by molar-refractivity contribution is -0.140. The summed E-state index contributed by atoms with van der Waals surface area (Å²) >= 11 is 0. The van der Waals surface area contributed by atoms with Crippen molar-refractivity contribution in [2.24, 2.45) is 0 Å². The second kappa shape index (κ2) is 23.0. The molecule has 0 radical (unpaired) electrons. The zero-order chi connectivity index (χ0) is 43.5. The molecule has 58 heavy (non-hydrogen) atoms. The Labute approximate surface area is 333 Å². The quantitative estimate of drug-likeness (QED) is 0.0538. The second-order valence-corrected chi connectivity index (χ2v) is 12.1. The van der Waals surface area contributed by atoms with Gasteiger partial charge in [0.15, 0.2) is 5.78 Å². The number of benzene rings is 2. The summed E-state index contributed by atoms with van der Waals surface area (Å²) in [7, 11) is 0. The lowest BCUT2D eigenvalue weighted by Crippen LogP contribution is -2.20. The zero-order valence-electron chi connectivity index (χ0n) is 32.4. The predicted molar refractivity (Wildman–Crippen MR) is 201 cm³/mol. The highest BCUT2D eigenvalue weighted by atomic mass is 16.6. The molecule has 0 saturated carbocycles. The summed E-state index contributed by atoms with van der Waals surface area (Å²) in [6.07, 6.45) is 0. The Morgan fingerprint density at radius 3 is 0.828 bits per heavy atom.